The van der Waals surface area contributed by atoms with Crippen molar-refractivity contribution in [3.05, 3.63) is 75.8 Å². The maximum atomic E-state index is 12.5. The summed E-state index contributed by atoms with van der Waals surface area (Å²) in [6, 6.07) is 13.8. The summed E-state index contributed by atoms with van der Waals surface area (Å²) in [4.78, 5) is 33.9. The Kier molecular flexibility index (Phi) is 4.63. The van der Waals surface area contributed by atoms with Crippen LogP contribution in [0, 0.1) is 10.1 Å². The Labute approximate surface area is 126 Å². The molecule has 0 heterocycles. The number of benzene rings is 2. The van der Waals surface area contributed by atoms with E-state index in [0.29, 0.717) is 11.1 Å². The highest BCUT2D eigenvalue weighted by Gasteiger charge is 2.25. The minimum absolute atomic E-state index is 0.0996. The first-order valence-corrected chi connectivity index (χ1v) is 6.50. The Morgan fingerprint density at radius 3 is 2.14 bits per heavy atom. The van der Waals surface area contributed by atoms with E-state index in [1.54, 1.807) is 30.3 Å². The van der Waals surface area contributed by atoms with Crippen molar-refractivity contribution in [1.29, 1.82) is 0 Å². The predicted molar refractivity (Wildman–Crippen MR) is 78.4 cm³/mol. The van der Waals surface area contributed by atoms with Crippen LogP contribution in [0.3, 0.4) is 0 Å². The molecular formula is C16H13NO5. The van der Waals surface area contributed by atoms with Gasteiger partial charge in [0.2, 0.25) is 5.78 Å². The maximum absolute atomic E-state index is 12.5. The molecule has 0 unspecified atom stereocenters. The molecule has 0 saturated carbocycles. The van der Waals surface area contributed by atoms with E-state index in [1.807, 2.05) is 0 Å². The zero-order valence-electron chi connectivity index (χ0n) is 11.8. The minimum Gasteiger partial charge on any atom is -0.449 e. The summed E-state index contributed by atoms with van der Waals surface area (Å²) in [5.74, 6) is -0.989. The molecule has 6 heteroatoms. The number of ether oxygens (including phenoxy) is 1. The lowest BCUT2D eigenvalue weighted by molar-refractivity contribution is -0.384. The minimum atomic E-state index is -1.12. The molecule has 0 aliphatic rings. The van der Waals surface area contributed by atoms with Crippen LogP contribution in [0.15, 0.2) is 54.6 Å². The second-order valence-corrected chi connectivity index (χ2v) is 4.57. The summed E-state index contributed by atoms with van der Waals surface area (Å²) in [6.45, 7) is 1.21. The standard InChI is InChI=1S/C16H13NO5/c1-11(18)22-16(15(19)12-5-3-2-4-6-12)13-7-9-14(10-8-13)17(20)21/h2-10,16H,1H3/t16-/m0/s1. The Balaban J connectivity index is 2.35. The van der Waals surface area contributed by atoms with Crippen LogP contribution >= 0.6 is 0 Å². The average molecular weight is 299 g/mol. The molecule has 22 heavy (non-hydrogen) atoms. The van der Waals surface area contributed by atoms with Crippen molar-refractivity contribution >= 4 is 17.4 Å². The topological polar surface area (TPSA) is 86.5 Å². The van der Waals surface area contributed by atoms with Crippen molar-refractivity contribution in [2.75, 3.05) is 0 Å². The molecule has 0 amide bonds. The summed E-state index contributed by atoms with van der Waals surface area (Å²) >= 11 is 0. The van der Waals surface area contributed by atoms with E-state index in [0.717, 1.165) is 0 Å². The second kappa shape index (κ2) is 6.62. The summed E-state index contributed by atoms with van der Waals surface area (Å²) in [5.41, 5.74) is 0.680. The number of nitro benzene ring substituents is 1. The highest BCUT2D eigenvalue weighted by Crippen LogP contribution is 2.24. The fourth-order valence-electron chi connectivity index (χ4n) is 1.96. The van der Waals surface area contributed by atoms with Gasteiger partial charge < -0.3 is 4.74 Å². The number of ketones is 1. The van der Waals surface area contributed by atoms with Gasteiger partial charge >= 0.3 is 5.97 Å². The molecule has 6 nitrogen and oxygen atoms in total. The molecule has 2 aromatic rings. The third-order valence-corrected chi connectivity index (χ3v) is 2.99. The largest absolute Gasteiger partial charge is 0.449 e. The van der Waals surface area contributed by atoms with Crippen molar-refractivity contribution in [2.24, 2.45) is 0 Å². The molecule has 2 aromatic carbocycles. The third-order valence-electron chi connectivity index (χ3n) is 2.99. The summed E-state index contributed by atoms with van der Waals surface area (Å²) < 4.78 is 5.09. The molecule has 112 valence electrons. The van der Waals surface area contributed by atoms with Gasteiger partial charge in [-0.2, -0.15) is 0 Å². The fourth-order valence-corrected chi connectivity index (χ4v) is 1.96. The van der Waals surface area contributed by atoms with Crippen LogP contribution in [0.1, 0.15) is 28.9 Å². The number of hydrogen-bond donors (Lipinski definition) is 0. The van der Waals surface area contributed by atoms with Gasteiger partial charge in [-0.25, -0.2) is 0 Å². The summed E-state index contributed by atoms with van der Waals surface area (Å²) in [5, 5.41) is 10.7. The number of non-ortho nitro benzene ring substituents is 1. The number of Topliss-reactive ketones (excluding diaryl/α,β-unsaturated/α-hetero) is 1. The third kappa shape index (κ3) is 3.54. The number of esters is 1. The van der Waals surface area contributed by atoms with E-state index in [1.165, 1.54) is 31.2 Å². The maximum Gasteiger partial charge on any atom is 0.303 e. The lowest BCUT2D eigenvalue weighted by atomic mass is 9.99. The molecule has 2 rings (SSSR count). The highest BCUT2D eigenvalue weighted by molar-refractivity contribution is 6.00. The van der Waals surface area contributed by atoms with Gasteiger partial charge in [-0.05, 0) is 12.1 Å². The Morgan fingerprint density at radius 2 is 1.64 bits per heavy atom. The molecular weight excluding hydrogens is 286 g/mol. The molecule has 0 aliphatic carbocycles. The normalized spacial score (nSPS) is 11.5. The van der Waals surface area contributed by atoms with Gasteiger partial charge in [0, 0.05) is 30.2 Å². The monoisotopic (exact) mass is 299 g/mol. The first-order valence-electron chi connectivity index (χ1n) is 6.50. The number of hydrogen-bond acceptors (Lipinski definition) is 5. The van der Waals surface area contributed by atoms with Crippen LogP contribution in [0.2, 0.25) is 0 Å². The first-order chi connectivity index (χ1) is 10.5. The van der Waals surface area contributed by atoms with Gasteiger partial charge in [-0.15, -0.1) is 0 Å². The lowest BCUT2D eigenvalue weighted by Gasteiger charge is -2.16. The zero-order chi connectivity index (χ0) is 16.1. The summed E-state index contributed by atoms with van der Waals surface area (Å²) in [6.07, 6.45) is -1.12. The van der Waals surface area contributed by atoms with Gasteiger partial charge in [0.1, 0.15) is 0 Å². The van der Waals surface area contributed by atoms with Crippen molar-refractivity contribution in [3.8, 4) is 0 Å². The highest BCUT2D eigenvalue weighted by atomic mass is 16.6. The van der Waals surface area contributed by atoms with Crippen molar-refractivity contribution in [1.82, 2.24) is 0 Å². The molecule has 0 aliphatic heterocycles. The van der Waals surface area contributed by atoms with Crippen LogP contribution < -0.4 is 0 Å². The van der Waals surface area contributed by atoms with Gasteiger partial charge in [0.25, 0.3) is 5.69 Å². The number of carbonyl (C=O) groups excluding carboxylic acids is 2. The molecule has 0 spiro atoms. The van der Waals surface area contributed by atoms with Gasteiger partial charge in [0.05, 0.1) is 4.92 Å². The van der Waals surface area contributed by atoms with Crippen molar-refractivity contribution in [2.45, 2.75) is 13.0 Å². The number of nitrogens with zero attached hydrogens (tertiary/aromatic N) is 1. The summed E-state index contributed by atoms with van der Waals surface area (Å²) in [7, 11) is 0. The Hall–Kier alpha value is -3.02. The second-order valence-electron chi connectivity index (χ2n) is 4.57. The van der Waals surface area contributed by atoms with E-state index in [-0.39, 0.29) is 11.5 Å². The van der Waals surface area contributed by atoms with Gasteiger partial charge in [-0.3, -0.25) is 19.7 Å². The van der Waals surface area contributed by atoms with E-state index in [2.05, 4.69) is 0 Å². The van der Waals surface area contributed by atoms with Crippen LogP contribution in [-0.2, 0) is 9.53 Å². The van der Waals surface area contributed by atoms with Crippen LogP contribution in [0.4, 0.5) is 5.69 Å². The van der Waals surface area contributed by atoms with E-state index in [4.69, 9.17) is 4.74 Å². The quantitative estimate of drug-likeness (QED) is 0.366. The van der Waals surface area contributed by atoms with E-state index >= 15 is 0 Å². The zero-order valence-corrected chi connectivity index (χ0v) is 11.8. The predicted octanol–water partition coefficient (Wildman–Crippen LogP) is 3.08. The number of carbonyl (C=O) groups is 2. The van der Waals surface area contributed by atoms with E-state index in [9.17, 15) is 19.7 Å². The molecule has 0 aromatic heterocycles. The molecule has 0 fully saturated rings. The van der Waals surface area contributed by atoms with Crippen LogP contribution in [0.5, 0.6) is 0 Å². The van der Waals surface area contributed by atoms with Crippen molar-refractivity contribution in [3.63, 3.8) is 0 Å². The first kappa shape index (κ1) is 15.4. The molecule has 0 saturated heterocycles. The van der Waals surface area contributed by atoms with Crippen molar-refractivity contribution < 1.29 is 19.2 Å². The fraction of sp³-hybridized carbons (Fsp3) is 0.125. The SMILES string of the molecule is CC(=O)O[C@H](C(=O)c1ccccc1)c1ccc([N+](=O)[O-])cc1. The molecule has 1 atom stereocenters. The molecule has 0 bridgehead atoms. The Morgan fingerprint density at radius 1 is 1.05 bits per heavy atom. The lowest BCUT2D eigenvalue weighted by Crippen LogP contribution is -2.18. The number of rotatable bonds is 5. The molecule has 0 N–H and O–H groups in total. The average Bonchev–Trinajstić information content (AvgIpc) is 2.53. The van der Waals surface area contributed by atoms with Crippen LogP contribution in [0.25, 0.3) is 0 Å². The number of nitro groups is 1. The van der Waals surface area contributed by atoms with Gasteiger partial charge in [0.15, 0.2) is 6.10 Å². The smallest absolute Gasteiger partial charge is 0.303 e. The molecule has 0 radical (unpaired) electrons. The van der Waals surface area contributed by atoms with E-state index < -0.39 is 17.0 Å². The van der Waals surface area contributed by atoms with Gasteiger partial charge in [-0.1, -0.05) is 30.3 Å². The van der Waals surface area contributed by atoms with Crippen LogP contribution in [-0.4, -0.2) is 16.7 Å². The Bertz CT molecular complexity index is 694.